The number of aryl methyl sites for hydroxylation is 2. The van der Waals surface area contributed by atoms with Crippen LogP contribution in [0.15, 0.2) is 36.4 Å². The third-order valence-corrected chi connectivity index (χ3v) is 4.33. The molecule has 0 heterocycles. The lowest BCUT2D eigenvalue weighted by molar-refractivity contribution is 0.408. The normalized spacial score (nSPS) is 13.8. The van der Waals surface area contributed by atoms with Gasteiger partial charge >= 0.3 is 0 Å². The summed E-state index contributed by atoms with van der Waals surface area (Å²) in [6, 6.07) is 13.4. The van der Waals surface area contributed by atoms with Crippen molar-refractivity contribution in [1.82, 2.24) is 5.32 Å². The summed E-state index contributed by atoms with van der Waals surface area (Å²) in [5.41, 5.74) is 6.86. The Bertz CT molecular complexity index is 633. The van der Waals surface area contributed by atoms with Crippen LogP contribution in [0.3, 0.4) is 0 Å². The van der Waals surface area contributed by atoms with Gasteiger partial charge in [-0.3, -0.25) is 0 Å². The van der Waals surface area contributed by atoms with Gasteiger partial charge in [0.25, 0.3) is 0 Å². The number of rotatable bonds is 4. The molecular formula is C19H23NO. The average Bonchev–Trinajstić information content (AvgIpc) is 2.54. The third kappa shape index (κ3) is 2.96. The summed E-state index contributed by atoms with van der Waals surface area (Å²) in [6.45, 7) is 0.821. The van der Waals surface area contributed by atoms with Crippen molar-refractivity contribution in [2.24, 2.45) is 0 Å². The highest BCUT2D eigenvalue weighted by molar-refractivity contribution is 5.67. The Morgan fingerprint density at radius 3 is 2.43 bits per heavy atom. The third-order valence-electron chi connectivity index (χ3n) is 4.33. The summed E-state index contributed by atoms with van der Waals surface area (Å²) >= 11 is 0. The Hall–Kier alpha value is -1.80. The first-order valence-corrected chi connectivity index (χ1v) is 7.75. The Balaban J connectivity index is 1.98. The first-order valence-electron chi connectivity index (χ1n) is 7.75. The van der Waals surface area contributed by atoms with E-state index >= 15 is 0 Å². The van der Waals surface area contributed by atoms with Crippen molar-refractivity contribution in [3.63, 3.8) is 0 Å². The molecule has 2 heteroatoms. The van der Waals surface area contributed by atoms with Crippen LogP contribution >= 0.6 is 0 Å². The zero-order chi connectivity index (χ0) is 14.7. The second kappa shape index (κ2) is 6.31. The quantitative estimate of drug-likeness (QED) is 0.916. The first-order chi connectivity index (χ1) is 10.3. The summed E-state index contributed by atoms with van der Waals surface area (Å²) < 4.78 is 5.44. The Labute approximate surface area is 127 Å². The highest BCUT2D eigenvalue weighted by Gasteiger charge is 2.11. The minimum absolute atomic E-state index is 0.821. The van der Waals surface area contributed by atoms with E-state index in [4.69, 9.17) is 4.74 Å². The van der Waals surface area contributed by atoms with E-state index < -0.39 is 0 Å². The van der Waals surface area contributed by atoms with Crippen molar-refractivity contribution in [2.75, 3.05) is 14.2 Å². The molecule has 0 unspecified atom stereocenters. The van der Waals surface area contributed by atoms with Crippen LogP contribution < -0.4 is 10.1 Å². The lowest BCUT2D eigenvalue weighted by Crippen LogP contribution is -2.07. The predicted molar refractivity (Wildman–Crippen MR) is 87.8 cm³/mol. The van der Waals surface area contributed by atoms with Crippen molar-refractivity contribution < 1.29 is 4.74 Å². The fraction of sp³-hybridized carbons (Fsp3) is 0.368. The van der Waals surface area contributed by atoms with Gasteiger partial charge in [-0.2, -0.15) is 0 Å². The number of ether oxygens (including phenoxy) is 1. The molecular weight excluding hydrogens is 258 g/mol. The van der Waals surface area contributed by atoms with Crippen LogP contribution in [-0.4, -0.2) is 14.2 Å². The first kappa shape index (κ1) is 14.2. The van der Waals surface area contributed by atoms with E-state index in [1.54, 1.807) is 7.11 Å². The van der Waals surface area contributed by atoms with E-state index in [-0.39, 0.29) is 0 Å². The lowest BCUT2D eigenvalue weighted by atomic mass is 9.89. The number of nitrogens with one attached hydrogen (secondary N) is 1. The molecule has 0 bridgehead atoms. The summed E-state index contributed by atoms with van der Waals surface area (Å²) in [5, 5.41) is 3.21. The molecule has 0 saturated carbocycles. The number of benzene rings is 2. The van der Waals surface area contributed by atoms with Crippen LogP contribution in [-0.2, 0) is 19.4 Å². The Morgan fingerprint density at radius 1 is 0.952 bits per heavy atom. The molecule has 0 radical (unpaired) electrons. The Morgan fingerprint density at radius 2 is 1.67 bits per heavy atom. The molecule has 3 rings (SSSR count). The van der Waals surface area contributed by atoms with Gasteiger partial charge in [0.15, 0.2) is 0 Å². The molecule has 0 aliphatic heterocycles. The van der Waals surface area contributed by atoms with Gasteiger partial charge in [-0.05, 0) is 67.1 Å². The van der Waals surface area contributed by atoms with Gasteiger partial charge in [-0.15, -0.1) is 0 Å². The molecule has 1 aliphatic rings. The molecule has 1 N–H and O–H groups in total. The maximum atomic E-state index is 5.44. The molecule has 21 heavy (non-hydrogen) atoms. The second-order valence-corrected chi connectivity index (χ2v) is 5.75. The van der Waals surface area contributed by atoms with Crippen molar-refractivity contribution in [1.29, 1.82) is 0 Å². The molecule has 2 aromatic carbocycles. The maximum absolute atomic E-state index is 5.44. The summed E-state index contributed by atoms with van der Waals surface area (Å²) in [7, 11) is 3.69. The van der Waals surface area contributed by atoms with Gasteiger partial charge in [-0.25, -0.2) is 0 Å². The maximum Gasteiger partial charge on any atom is 0.123 e. The molecule has 0 aromatic heterocycles. The molecule has 0 spiro atoms. The van der Waals surface area contributed by atoms with Crippen LogP contribution in [0.2, 0.25) is 0 Å². The standard InChI is InChI=1S/C19H23NO/c1-20-13-18-12-17(9-10-19(18)21-2)16-8-7-14-5-3-4-6-15(14)11-16/h7-12,20H,3-6,13H2,1-2H3. The summed E-state index contributed by atoms with van der Waals surface area (Å²) in [5.74, 6) is 0.950. The smallest absolute Gasteiger partial charge is 0.123 e. The van der Waals surface area contributed by atoms with E-state index in [1.807, 2.05) is 7.05 Å². The van der Waals surface area contributed by atoms with Gasteiger partial charge in [0.05, 0.1) is 7.11 Å². The fourth-order valence-electron chi connectivity index (χ4n) is 3.20. The van der Waals surface area contributed by atoms with Gasteiger partial charge in [0.1, 0.15) is 5.75 Å². The SMILES string of the molecule is CNCc1cc(-c2ccc3c(c2)CCCC3)ccc1OC. The number of hydrogen-bond acceptors (Lipinski definition) is 2. The van der Waals surface area contributed by atoms with Gasteiger partial charge in [0, 0.05) is 12.1 Å². The Kier molecular flexibility index (Phi) is 4.26. The van der Waals surface area contributed by atoms with E-state index in [1.165, 1.54) is 53.5 Å². The van der Waals surface area contributed by atoms with Crippen LogP contribution in [0.25, 0.3) is 11.1 Å². The number of fused-ring (bicyclic) bond motifs is 1. The lowest BCUT2D eigenvalue weighted by Gasteiger charge is -2.17. The van der Waals surface area contributed by atoms with Crippen LogP contribution in [0.5, 0.6) is 5.75 Å². The highest BCUT2D eigenvalue weighted by Crippen LogP contribution is 2.30. The van der Waals surface area contributed by atoms with Gasteiger partial charge in [-0.1, -0.05) is 24.3 Å². The van der Waals surface area contributed by atoms with E-state index in [9.17, 15) is 0 Å². The van der Waals surface area contributed by atoms with Crippen LogP contribution in [0.4, 0.5) is 0 Å². The molecule has 0 fully saturated rings. The van der Waals surface area contributed by atoms with Gasteiger partial charge in [0.2, 0.25) is 0 Å². The predicted octanol–water partition coefficient (Wildman–Crippen LogP) is 3.96. The summed E-state index contributed by atoms with van der Waals surface area (Å²) in [4.78, 5) is 0. The molecule has 2 aromatic rings. The molecule has 1 aliphatic carbocycles. The molecule has 0 atom stereocenters. The fourth-order valence-corrected chi connectivity index (χ4v) is 3.20. The van der Waals surface area contributed by atoms with Crippen molar-refractivity contribution in [3.05, 3.63) is 53.1 Å². The molecule has 0 amide bonds. The topological polar surface area (TPSA) is 21.3 Å². The molecule has 110 valence electrons. The highest BCUT2D eigenvalue weighted by atomic mass is 16.5. The van der Waals surface area contributed by atoms with E-state index in [2.05, 4.69) is 41.7 Å². The molecule has 2 nitrogen and oxygen atoms in total. The minimum Gasteiger partial charge on any atom is -0.496 e. The zero-order valence-electron chi connectivity index (χ0n) is 12.9. The number of hydrogen-bond donors (Lipinski definition) is 1. The van der Waals surface area contributed by atoms with E-state index in [0.717, 1.165) is 12.3 Å². The van der Waals surface area contributed by atoms with Gasteiger partial charge < -0.3 is 10.1 Å². The van der Waals surface area contributed by atoms with Crippen LogP contribution in [0, 0.1) is 0 Å². The molecule has 0 saturated heterocycles. The van der Waals surface area contributed by atoms with E-state index in [0.29, 0.717) is 0 Å². The summed E-state index contributed by atoms with van der Waals surface area (Å²) in [6.07, 6.45) is 5.12. The van der Waals surface area contributed by atoms with Crippen molar-refractivity contribution in [3.8, 4) is 16.9 Å². The van der Waals surface area contributed by atoms with Crippen molar-refractivity contribution in [2.45, 2.75) is 32.2 Å². The van der Waals surface area contributed by atoms with Crippen molar-refractivity contribution >= 4 is 0 Å². The van der Waals surface area contributed by atoms with Crippen LogP contribution in [0.1, 0.15) is 29.5 Å². The second-order valence-electron chi connectivity index (χ2n) is 5.75. The zero-order valence-corrected chi connectivity index (χ0v) is 12.9. The monoisotopic (exact) mass is 281 g/mol. The average molecular weight is 281 g/mol. The minimum atomic E-state index is 0.821. The largest absolute Gasteiger partial charge is 0.496 e. The number of methoxy groups -OCH3 is 1.